The van der Waals surface area contributed by atoms with Gasteiger partial charge < -0.3 is 20.0 Å². The van der Waals surface area contributed by atoms with E-state index in [1.54, 1.807) is 0 Å². The first-order valence-corrected chi connectivity index (χ1v) is 11.5. The van der Waals surface area contributed by atoms with E-state index in [-0.39, 0.29) is 24.2 Å². The third-order valence-corrected chi connectivity index (χ3v) is 6.01. The van der Waals surface area contributed by atoms with Crippen molar-refractivity contribution >= 4 is 11.7 Å². The van der Waals surface area contributed by atoms with Crippen LogP contribution >= 0.6 is 0 Å². The van der Waals surface area contributed by atoms with Crippen LogP contribution in [0.25, 0.3) is 0 Å². The molecule has 0 aliphatic carbocycles. The van der Waals surface area contributed by atoms with Gasteiger partial charge in [-0.05, 0) is 37.0 Å². The number of hydrazone groups is 1. The minimum atomic E-state index is 0.0767. The maximum atomic E-state index is 11.9. The fourth-order valence-corrected chi connectivity index (χ4v) is 4.24. The van der Waals surface area contributed by atoms with E-state index in [1.165, 1.54) is 5.56 Å². The second-order valence-electron chi connectivity index (χ2n) is 8.32. The van der Waals surface area contributed by atoms with E-state index >= 15 is 0 Å². The largest absolute Gasteiger partial charge is 0.494 e. The van der Waals surface area contributed by atoms with Crippen LogP contribution in [0.1, 0.15) is 64.0 Å². The van der Waals surface area contributed by atoms with Crippen molar-refractivity contribution in [1.82, 2.24) is 26.1 Å². The number of unbranched alkanes of at least 4 members (excludes halogenated alkanes) is 1. The van der Waals surface area contributed by atoms with Gasteiger partial charge in [-0.2, -0.15) is 5.10 Å². The highest BCUT2D eigenvalue weighted by molar-refractivity contribution is 5.89. The number of amidine groups is 1. The molecule has 3 aliphatic heterocycles. The van der Waals surface area contributed by atoms with Crippen LogP contribution < -0.4 is 20.9 Å². The summed E-state index contributed by atoms with van der Waals surface area (Å²) in [6.07, 6.45) is 9.41. The molecule has 31 heavy (non-hydrogen) atoms. The molecule has 1 aromatic rings. The van der Waals surface area contributed by atoms with Crippen molar-refractivity contribution in [2.75, 3.05) is 13.2 Å². The molecule has 1 aromatic carbocycles. The summed E-state index contributed by atoms with van der Waals surface area (Å²) in [4.78, 5) is 14.1. The minimum Gasteiger partial charge on any atom is -0.494 e. The lowest BCUT2D eigenvalue weighted by molar-refractivity contribution is -0.120. The van der Waals surface area contributed by atoms with Gasteiger partial charge in [-0.3, -0.25) is 10.2 Å². The van der Waals surface area contributed by atoms with Gasteiger partial charge in [0.2, 0.25) is 5.91 Å². The molecule has 3 aliphatic rings. The Kier molecular flexibility index (Phi) is 6.96. The van der Waals surface area contributed by atoms with E-state index in [0.29, 0.717) is 12.8 Å². The van der Waals surface area contributed by atoms with E-state index in [2.05, 4.69) is 75.5 Å². The SMILES string of the molecule is CCCCOc1ccc(C2CC3C4NN=C(CCC(=O)NCCC)N4C=CN3N2)cc1. The van der Waals surface area contributed by atoms with Gasteiger partial charge >= 0.3 is 0 Å². The molecule has 3 N–H and O–H groups in total. The Balaban J connectivity index is 1.31. The summed E-state index contributed by atoms with van der Waals surface area (Å²) in [6, 6.07) is 8.92. The molecule has 0 saturated carbocycles. The van der Waals surface area contributed by atoms with E-state index < -0.39 is 0 Å². The second kappa shape index (κ2) is 10.0. The highest BCUT2D eigenvalue weighted by atomic mass is 16.5. The molecule has 0 radical (unpaired) electrons. The monoisotopic (exact) mass is 426 g/mol. The van der Waals surface area contributed by atoms with Crippen molar-refractivity contribution in [3.8, 4) is 5.75 Å². The van der Waals surface area contributed by atoms with E-state index in [0.717, 1.165) is 50.4 Å². The van der Waals surface area contributed by atoms with Crippen LogP contribution in [-0.2, 0) is 4.79 Å². The number of benzene rings is 1. The number of amides is 1. The summed E-state index contributed by atoms with van der Waals surface area (Å²) in [7, 11) is 0. The molecular weight excluding hydrogens is 392 g/mol. The summed E-state index contributed by atoms with van der Waals surface area (Å²) in [6.45, 7) is 5.72. The zero-order valence-corrected chi connectivity index (χ0v) is 18.5. The van der Waals surface area contributed by atoms with Crippen molar-refractivity contribution in [2.45, 2.75) is 70.6 Å². The van der Waals surface area contributed by atoms with E-state index in [4.69, 9.17) is 4.74 Å². The van der Waals surface area contributed by atoms with Gasteiger partial charge in [0.1, 0.15) is 17.8 Å². The number of carbonyl (C=O) groups is 1. The lowest BCUT2D eigenvalue weighted by Crippen LogP contribution is -2.54. The Labute approximate surface area is 184 Å². The van der Waals surface area contributed by atoms with Crippen molar-refractivity contribution in [1.29, 1.82) is 0 Å². The van der Waals surface area contributed by atoms with Gasteiger partial charge in [0, 0.05) is 31.8 Å². The number of nitrogens with one attached hydrogen (secondary N) is 3. The molecule has 0 bridgehead atoms. The molecule has 3 heterocycles. The van der Waals surface area contributed by atoms with Gasteiger partial charge in [-0.1, -0.05) is 32.4 Å². The van der Waals surface area contributed by atoms with Crippen molar-refractivity contribution < 1.29 is 9.53 Å². The molecular formula is C23H34N6O2. The fraction of sp³-hybridized carbons (Fsp3) is 0.565. The first-order valence-electron chi connectivity index (χ1n) is 11.5. The van der Waals surface area contributed by atoms with E-state index in [9.17, 15) is 4.79 Å². The molecule has 1 saturated heterocycles. The lowest BCUT2D eigenvalue weighted by atomic mass is 9.99. The lowest BCUT2D eigenvalue weighted by Gasteiger charge is -2.37. The Bertz CT molecular complexity index is 809. The zero-order valence-electron chi connectivity index (χ0n) is 18.5. The Morgan fingerprint density at radius 2 is 2.06 bits per heavy atom. The van der Waals surface area contributed by atoms with Crippen LogP contribution in [0.5, 0.6) is 5.75 Å². The number of hydrogen-bond donors (Lipinski definition) is 3. The Morgan fingerprint density at radius 3 is 2.84 bits per heavy atom. The summed E-state index contributed by atoms with van der Waals surface area (Å²) < 4.78 is 5.79. The van der Waals surface area contributed by atoms with Gasteiger partial charge in [-0.15, -0.1) is 0 Å². The third-order valence-electron chi connectivity index (χ3n) is 6.01. The van der Waals surface area contributed by atoms with Crippen molar-refractivity contribution in [3.63, 3.8) is 0 Å². The van der Waals surface area contributed by atoms with Crippen molar-refractivity contribution in [2.24, 2.45) is 5.10 Å². The van der Waals surface area contributed by atoms with Crippen LogP contribution in [0, 0.1) is 0 Å². The van der Waals surface area contributed by atoms with Gasteiger partial charge in [-0.25, -0.2) is 5.43 Å². The highest BCUT2D eigenvalue weighted by Crippen LogP contribution is 2.34. The van der Waals surface area contributed by atoms with Crippen molar-refractivity contribution in [3.05, 3.63) is 42.2 Å². The Hall–Kier alpha value is -2.74. The van der Waals surface area contributed by atoms with E-state index in [1.807, 2.05) is 6.20 Å². The predicted molar refractivity (Wildman–Crippen MR) is 121 cm³/mol. The number of fused-ring (bicyclic) bond motifs is 3. The number of hydrazine groups is 1. The molecule has 168 valence electrons. The summed E-state index contributed by atoms with van der Waals surface area (Å²) in [5.41, 5.74) is 8.15. The summed E-state index contributed by atoms with van der Waals surface area (Å²) in [5.74, 6) is 1.93. The van der Waals surface area contributed by atoms with Gasteiger partial charge in [0.15, 0.2) is 0 Å². The molecule has 3 unspecified atom stereocenters. The van der Waals surface area contributed by atoms with Crippen LogP contribution in [0.4, 0.5) is 0 Å². The second-order valence-corrected chi connectivity index (χ2v) is 8.32. The van der Waals surface area contributed by atoms with Crippen LogP contribution in [-0.4, -0.2) is 47.0 Å². The highest BCUT2D eigenvalue weighted by Gasteiger charge is 2.44. The number of ether oxygens (including phenoxy) is 1. The number of nitrogens with zero attached hydrogens (tertiary/aromatic N) is 3. The standard InChI is InChI=1S/C23H34N6O2/c1-3-5-15-31-18-8-6-17(7-9-18)19-16-20-23-26-25-21(10-11-22(30)24-12-4-2)28(23)13-14-29(20)27-19/h6-9,13-14,19-20,23,26-27H,3-5,10-12,15-16H2,1-2H3,(H,24,30). The smallest absolute Gasteiger partial charge is 0.220 e. The van der Waals surface area contributed by atoms with Gasteiger partial charge in [0.05, 0.1) is 18.7 Å². The molecule has 1 fully saturated rings. The molecule has 4 rings (SSSR count). The number of rotatable bonds is 10. The number of carbonyl (C=O) groups excluding carboxylic acids is 1. The predicted octanol–water partition coefficient (Wildman–Crippen LogP) is 2.82. The average molecular weight is 427 g/mol. The molecule has 3 atom stereocenters. The number of hydrogen-bond acceptors (Lipinski definition) is 7. The fourth-order valence-electron chi connectivity index (χ4n) is 4.24. The van der Waals surface area contributed by atoms with Crippen LogP contribution in [0.2, 0.25) is 0 Å². The van der Waals surface area contributed by atoms with Gasteiger partial charge in [0.25, 0.3) is 0 Å². The quantitative estimate of drug-likeness (QED) is 0.499. The molecule has 8 nitrogen and oxygen atoms in total. The normalized spacial score (nSPS) is 23.8. The molecule has 8 heteroatoms. The summed E-state index contributed by atoms with van der Waals surface area (Å²) in [5, 5.41) is 9.63. The topological polar surface area (TPSA) is 81.2 Å². The third kappa shape index (κ3) is 4.95. The maximum absolute atomic E-state index is 11.9. The zero-order chi connectivity index (χ0) is 21.6. The average Bonchev–Trinajstić information content (AvgIpc) is 3.41. The summed E-state index contributed by atoms with van der Waals surface area (Å²) >= 11 is 0. The minimum absolute atomic E-state index is 0.0767. The molecule has 0 spiro atoms. The first kappa shape index (κ1) is 21.5. The molecule has 0 aromatic heterocycles. The Morgan fingerprint density at radius 1 is 1.23 bits per heavy atom. The van der Waals surface area contributed by atoms with Crippen LogP contribution in [0.15, 0.2) is 41.8 Å². The molecule has 1 amide bonds. The van der Waals surface area contributed by atoms with Crippen LogP contribution in [0.3, 0.4) is 0 Å². The maximum Gasteiger partial charge on any atom is 0.220 e. The first-order chi connectivity index (χ1) is 15.2.